The number of rotatable bonds is 7. The van der Waals surface area contributed by atoms with Gasteiger partial charge in [0.2, 0.25) is 5.91 Å². The lowest BCUT2D eigenvalue weighted by Crippen LogP contribution is -2.28. The van der Waals surface area contributed by atoms with E-state index in [9.17, 15) is 4.79 Å². The van der Waals surface area contributed by atoms with Crippen LogP contribution in [0.15, 0.2) is 36.7 Å². The number of carbonyl (C=O) groups excluding carboxylic acids is 1. The van der Waals surface area contributed by atoms with Gasteiger partial charge in [-0.2, -0.15) is 5.10 Å². The molecule has 8 nitrogen and oxygen atoms in total. The Bertz CT molecular complexity index is 855. The normalized spacial score (nSPS) is 12.1. The van der Waals surface area contributed by atoms with Crippen molar-refractivity contribution < 1.29 is 4.79 Å². The fourth-order valence-electron chi connectivity index (χ4n) is 2.97. The fraction of sp³-hybridized carbons (Fsp3) is 0.389. The van der Waals surface area contributed by atoms with Crippen LogP contribution in [0.1, 0.15) is 36.3 Å². The van der Waals surface area contributed by atoms with Crippen molar-refractivity contribution in [1.82, 2.24) is 30.0 Å². The first-order valence-corrected chi connectivity index (χ1v) is 8.71. The van der Waals surface area contributed by atoms with Crippen molar-refractivity contribution >= 4 is 11.6 Å². The highest BCUT2D eigenvalue weighted by molar-refractivity contribution is 5.94. The van der Waals surface area contributed by atoms with E-state index in [1.807, 2.05) is 48.9 Å². The molecule has 0 aliphatic heterocycles. The maximum atomic E-state index is 13.0. The number of aromatic nitrogens is 6. The molecule has 1 amide bonds. The summed E-state index contributed by atoms with van der Waals surface area (Å²) in [6.07, 6.45) is 2.95. The fourth-order valence-corrected chi connectivity index (χ4v) is 2.97. The quantitative estimate of drug-likeness (QED) is 0.704. The Kier molecular flexibility index (Phi) is 5.40. The van der Waals surface area contributed by atoms with E-state index in [-0.39, 0.29) is 5.91 Å². The van der Waals surface area contributed by atoms with Gasteiger partial charge in [0.1, 0.15) is 12.4 Å². The molecule has 1 N–H and O–H groups in total. The van der Waals surface area contributed by atoms with Crippen molar-refractivity contribution in [2.24, 2.45) is 0 Å². The summed E-state index contributed by atoms with van der Waals surface area (Å²) in [5.41, 5.74) is 3.56. The first kappa shape index (κ1) is 17.8. The van der Waals surface area contributed by atoms with Gasteiger partial charge >= 0.3 is 0 Å². The summed E-state index contributed by atoms with van der Waals surface area (Å²) in [5.74, 6) is -0.164. The summed E-state index contributed by atoms with van der Waals surface area (Å²) < 4.78 is 3.41. The Balaban J connectivity index is 1.85. The Morgan fingerprint density at radius 3 is 2.65 bits per heavy atom. The summed E-state index contributed by atoms with van der Waals surface area (Å²) in [6, 6.07) is 9.28. The molecule has 2 heterocycles. The van der Waals surface area contributed by atoms with Crippen molar-refractivity contribution in [3.8, 4) is 0 Å². The lowest BCUT2D eigenvalue weighted by Gasteiger charge is -2.16. The summed E-state index contributed by atoms with van der Waals surface area (Å²) in [5, 5.41) is 18.8. The van der Waals surface area contributed by atoms with Crippen molar-refractivity contribution in [1.29, 1.82) is 0 Å². The van der Waals surface area contributed by atoms with Crippen LogP contribution >= 0.6 is 0 Å². The Morgan fingerprint density at radius 2 is 2.00 bits per heavy atom. The van der Waals surface area contributed by atoms with Gasteiger partial charge < -0.3 is 5.32 Å². The third kappa shape index (κ3) is 3.79. The third-order valence-electron chi connectivity index (χ3n) is 4.32. The standard InChI is InChI=1S/C18H23N7O/c1-4-10-24-14(3)17(13(2)21-24)20-18(26)16(25-12-19-22-23-25)11-15-8-6-5-7-9-15/h5-9,12,16H,4,10-11H2,1-3H3,(H,20,26)/t16-/m1/s1. The van der Waals surface area contributed by atoms with Crippen molar-refractivity contribution in [2.75, 3.05) is 5.32 Å². The highest BCUT2D eigenvalue weighted by Gasteiger charge is 2.24. The number of nitrogens with zero attached hydrogens (tertiary/aromatic N) is 6. The first-order valence-electron chi connectivity index (χ1n) is 8.71. The Morgan fingerprint density at radius 1 is 1.23 bits per heavy atom. The van der Waals surface area contributed by atoms with Crippen LogP contribution in [0.3, 0.4) is 0 Å². The maximum Gasteiger partial charge on any atom is 0.249 e. The van der Waals surface area contributed by atoms with Crippen LogP contribution in [0.2, 0.25) is 0 Å². The Labute approximate surface area is 152 Å². The number of hydrogen-bond donors (Lipinski definition) is 1. The summed E-state index contributed by atoms with van der Waals surface area (Å²) >= 11 is 0. The number of carbonyl (C=O) groups is 1. The Hall–Kier alpha value is -3.03. The van der Waals surface area contributed by atoms with Gasteiger partial charge in [0.05, 0.1) is 17.1 Å². The minimum Gasteiger partial charge on any atom is -0.321 e. The zero-order valence-electron chi connectivity index (χ0n) is 15.3. The lowest BCUT2D eigenvalue weighted by atomic mass is 10.1. The second-order valence-corrected chi connectivity index (χ2v) is 6.25. The van der Waals surface area contributed by atoms with Crippen LogP contribution in [-0.2, 0) is 17.8 Å². The smallest absolute Gasteiger partial charge is 0.249 e. The molecule has 0 aliphatic rings. The molecule has 0 bridgehead atoms. The summed E-state index contributed by atoms with van der Waals surface area (Å²) in [4.78, 5) is 13.0. The molecule has 0 unspecified atom stereocenters. The van der Waals surface area contributed by atoms with Crippen LogP contribution in [0.4, 0.5) is 5.69 Å². The van der Waals surface area contributed by atoms with Crippen LogP contribution < -0.4 is 5.32 Å². The zero-order chi connectivity index (χ0) is 18.5. The number of hydrogen-bond acceptors (Lipinski definition) is 5. The molecule has 1 aromatic carbocycles. The molecular weight excluding hydrogens is 330 g/mol. The molecule has 8 heteroatoms. The van der Waals surface area contributed by atoms with Gasteiger partial charge in [-0.1, -0.05) is 37.3 Å². The third-order valence-corrected chi connectivity index (χ3v) is 4.32. The minimum absolute atomic E-state index is 0.164. The van der Waals surface area contributed by atoms with Gasteiger partial charge in [-0.25, -0.2) is 4.68 Å². The second-order valence-electron chi connectivity index (χ2n) is 6.25. The van der Waals surface area contributed by atoms with Gasteiger partial charge in [-0.3, -0.25) is 9.48 Å². The van der Waals surface area contributed by atoms with Crippen molar-refractivity contribution in [3.63, 3.8) is 0 Å². The van der Waals surface area contributed by atoms with Gasteiger partial charge in [-0.15, -0.1) is 5.10 Å². The minimum atomic E-state index is -0.541. The van der Waals surface area contributed by atoms with Gasteiger partial charge in [0.25, 0.3) is 0 Å². The van der Waals surface area contributed by atoms with E-state index in [0.29, 0.717) is 6.42 Å². The molecule has 0 spiro atoms. The van der Waals surface area contributed by atoms with Crippen LogP contribution in [0.5, 0.6) is 0 Å². The van der Waals surface area contributed by atoms with Gasteiger partial charge in [0, 0.05) is 13.0 Å². The van der Waals surface area contributed by atoms with E-state index in [4.69, 9.17) is 0 Å². The van der Waals surface area contributed by atoms with Gasteiger partial charge in [0.15, 0.2) is 0 Å². The van der Waals surface area contributed by atoms with Crippen LogP contribution in [-0.4, -0.2) is 35.9 Å². The largest absolute Gasteiger partial charge is 0.321 e. The predicted molar refractivity (Wildman–Crippen MR) is 97.6 cm³/mol. The molecule has 136 valence electrons. The molecule has 0 aliphatic carbocycles. The van der Waals surface area contributed by atoms with E-state index >= 15 is 0 Å². The summed E-state index contributed by atoms with van der Waals surface area (Å²) in [7, 11) is 0. The monoisotopic (exact) mass is 353 g/mol. The molecule has 3 aromatic rings. The SMILES string of the molecule is CCCn1nc(C)c(NC(=O)[C@@H](Cc2ccccc2)n2cnnn2)c1C. The lowest BCUT2D eigenvalue weighted by molar-refractivity contribution is -0.119. The van der Waals surface area contributed by atoms with Crippen molar-refractivity contribution in [2.45, 2.75) is 46.2 Å². The van der Waals surface area contributed by atoms with Crippen molar-refractivity contribution in [3.05, 3.63) is 53.6 Å². The van der Waals surface area contributed by atoms with Gasteiger partial charge in [-0.05, 0) is 36.3 Å². The topological polar surface area (TPSA) is 90.5 Å². The first-order chi connectivity index (χ1) is 12.6. The maximum absolute atomic E-state index is 13.0. The van der Waals surface area contributed by atoms with E-state index in [1.54, 1.807) is 0 Å². The zero-order valence-corrected chi connectivity index (χ0v) is 15.3. The average Bonchev–Trinajstić information content (AvgIpc) is 3.25. The number of nitrogens with one attached hydrogen (secondary N) is 1. The molecule has 0 saturated carbocycles. The van der Waals surface area contributed by atoms with Crippen LogP contribution in [0.25, 0.3) is 0 Å². The molecule has 3 rings (SSSR count). The van der Waals surface area contributed by atoms with E-state index in [1.165, 1.54) is 11.0 Å². The highest BCUT2D eigenvalue weighted by atomic mass is 16.2. The number of amides is 1. The van der Waals surface area contributed by atoms with Crippen LogP contribution in [0, 0.1) is 13.8 Å². The van der Waals surface area contributed by atoms with E-state index in [0.717, 1.165) is 35.6 Å². The molecule has 0 radical (unpaired) electrons. The summed E-state index contributed by atoms with van der Waals surface area (Å²) in [6.45, 7) is 6.79. The molecule has 0 fully saturated rings. The van der Waals surface area contributed by atoms with E-state index in [2.05, 4.69) is 32.9 Å². The number of aryl methyl sites for hydroxylation is 2. The second kappa shape index (κ2) is 7.90. The predicted octanol–water partition coefficient (Wildman–Crippen LogP) is 2.32. The molecule has 0 saturated heterocycles. The molecule has 26 heavy (non-hydrogen) atoms. The number of anilines is 1. The molecule has 2 aromatic heterocycles. The molecular formula is C18H23N7O. The highest BCUT2D eigenvalue weighted by Crippen LogP contribution is 2.22. The number of tetrazole rings is 1. The number of benzene rings is 1. The molecule has 1 atom stereocenters. The average molecular weight is 353 g/mol. The van der Waals surface area contributed by atoms with E-state index < -0.39 is 6.04 Å².